The lowest BCUT2D eigenvalue weighted by molar-refractivity contribution is 0.0857. The number of nitrogens with zero attached hydrogens (tertiary/aromatic N) is 1. The van der Waals surface area contributed by atoms with Crippen LogP contribution in [0.25, 0.3) is 0 Å². The van der Waals surface area contributed by atoms with Crippen LogP contribution in [0.1, 0.15) is 61.5 Å². The van der Waals surface area contributed by atoms with E-state index in [-0.39, 0.29) is 11.8 Å². The minimum atomic E-state index is -0.188. The molecule has 4 rings (SSSR count). The molecule has 1 heterocycles. The summed E-state index contributed by atoms with van der Waals surface area (Å²) in [5, 5.41) is 5.31. The van der Waals surface area contributed by atoms with Crippen LogP contribution in [0, 0.1) is 0 Å². The molecule has 166 valence electrons. The number of hydrogen-bond donors (Lipinski definition) is 2. The number of hydrazine groups is 1. The van der Waals surface area contributed by atoms with Gasteiger partial charge in [0, 0.05) is 24.5 Å². The minimum absolute atomic E-state index is 0.164. The number of carbonyl (C=O) groups excluding carboxylic acids is 2. The van der Waals surface area contributed by atoms with Crippen LogP contribution in [-0.2, 0) is 19.3 Å². The summed E-state index contributed by atoms with van der Waals surface area (Å²) in [7, 11) is 3.58. The lowest BCUT2D eigenvalue weighted by Gasteiger charge is -2.14. The van der Waals surface area contributed by atoms with Crippen LogP contribution in [0.4, 0.5) is 5.00 Å². The molecule has 0 unspecified atom stereocenters. The van der Waals surface area contributed by atoms with Gasteiger partial charge in [-0.3, -0.25) is 15.0 Å². The summed E-state index contributed by atoms with van der Waals surface area (Å²) < 4.78 is 0. The largest absolute Gasteiger partial charge is 0.313 e. The lowest BCUT2D eigenvalue weighted by Crippen LogP contribution is -2.36. The Morgan fingerprint density at radius 3 is 2.28 bits per heavy atom. The Kier molecular flexibility index (Phi) is 7.02. The summed E-state index contributed by atoms with van der Waals surface area (Å²) in [6.07, 6.45) is 6.04. The van der Waals surface area contributed by atoms with E-state index in [4.69, 9.17) is 0 Å². The normalized spacial score (nSPS) is 13.3. The third-order valence-corrected chi connectivity index (χ3v) is 6.88. The highest BCUT2D eigenvalue weighted by Crippen LogP contribution is 2.37. The molecular formula is C26H29N3O2S. The minimum Gasteiger partial charge on any atom is -0.313 e. The zero-order chi connectivity index (χ0) is 22.5. The molecule has 2 aromatic carbocycles. The van der Waals surface area contributed by atoms with E-state index in [0.29, 0.717) is 16.1 Å². The van der Waals surface area contributed by atoms with Gasteiger partial charge in [-0.15, -0.1) is 11.3 Å². The predicted octanol–water partition coefficient (Wildman–Crippen LogP) is 5.07. The number of nitrogens with one attached hydrogen (secondary N) is 2. The van der Waals surface area contributed by atoms with Crippen LogP contribution in [0.5, 0.6) is 0 Å². The Labute approximate surface area is 193 Å². The highest BCUT2D eigenvalue weighted by atomic mass is 32.1. The van der Waals surface area contributed by atoms with Gasteiger partial charge in [-0.25, -0.2) is 5.01 Å². The zero-order valence-corrected chi connectivity index (χ0v) is 19.4. The third kappa shape index (κ3) is 5.26. The summed E-state index contributed by atoms with van der Waals surface area (Å²) in [6.45, 7) is 0. The summed E-state index contributed by atoms with van der Waals surface area (Å²) in [5.41, 5.74) is 7.55. The molecule has 3 aromatic rings. The van der Waals surface area contributed by atoms with Crippen molar-refractivity contribution in [3.8, 4) is 0 Å². The Hall–Kier alpha value is -2.96. The number of benzene rings is 2. The molecule has 0 saturated carbocycles. The first-order chi connectivity index (χ1) is 15.5. The maximum absolute atomic E-state index is 13.0. The van der Waals surface area contributed by atoms with Crippen LogP contribution >= 0.6 is 11.3 Å². The van der Waals surface area contributed by atoms with Gasteiger partial charge in [0.1, 0.15) is 5.00 Å². The summed E-state index contributed by atoms with van der Waals surface area (Å²) in [5.74, 6) is -0.352. The van der Waals surface area contributed by atoms with Gasteiger partial charge in [-0.2, -0.15) is 0 Å². The average Bonchev–Trinajstić information content (AvgIpc) is 2.95. The average molecular weight is 448 g/mol. The monoisotopic (exact) mass is 447 g/mol. The van der Waals surface area contributed by atoms with Crippen molar-refractivity contribution in [2.24, 2.45) is 0 Å². The standard InChI is InChI=1S/C26H29N3O2S/c1-29(2)28-25(31)23-21-11-7-4-8-12-22(21)32-26(23)27-24(30)20-15-13-19(14-16-20)17-18-9-5-3-6-10-18/h3,5-6,9-10,13-16H,4,7-8,11-12,17H2,1-2H3,(H,27,30)(H,28,31). The van der Waals surface area contributed by atoms with Crippen LogP contribution in [0.3, 0.4) is 0 Å². The number of fused-ring (bicyclic) bond motifs is 1. The number of rotatable bonds is 6. The number of carbonyl (C=O) groups is 2. The third-order valence-electron chi connectivity index (χ3n) is 5.67. The first-order valence-electron chi connectivity index (χ1n) is 11.1. The van der Waals surface area contributed by atoms with Crippen LogP contribution in [0.2, 0.25) is 0 Å². The van der Waals surface area contributed by atoms with Gasteiger partial charge >= 0.3 is 0 Å². The van der Waals surface area contributed by atoms with Crippen LogP contribution < -0.4 is 10.7 Å². The Morgan fingerprint density at radius 2 is 1.56 bits per heavy atom. The SMILES string of the molecule is CN(C)NC(=O)c1c(NC(=O)c2ccc(Cc3ccccc3)cc2)sc2c1CCCCC2. The van der Waals surface area contributed by atoms with E-state index in [0.717, 1.165) is 43.2 Å². The molecule has 0 fully saturated rings. The molecule has 32 heavy (non-hydrogen) atoms. The fourth-order valence-corrected chi connectivity index (χ4v) is 5.39. The van der Waals surface area contributed by atoms with E-state index in [2.05, 4.69) is 22.9 Å². The highest BCUT2D eigenvalue weighted by Gasteiger charge is 2.26. The van der Waals surface area contributed by atoms with Crippen LogP contribution in [0.15, 0.2) is 54.6 Å². The van der Waals surface area contributed by atoms with Crippen molar-refractivity contribution in [1.29, 1.82) is 0 Å². The van der Waals surface area contributed by atoms with Gasteiger partial charge in [-0.1, -0.05) is 48.9 Å². The predicted molar refractivity (Wildman–Crippen MR) is 130 cm³/mol. The zero-order valence-electron chi connectivity index (χ0n) is 18.6. The number of hydrogen-bond acceptors (Lipinski definition) is 4. The molecule has 0 radical (unpaired) electrons. The molecule has 0 aliphatic heterocycles. The van der Waals surface area contributed by atoms with Crippen molar-refractivity contribution in [2.45, 2.75) is 38.5 Å². The van der Waals surface area contributed by atoms with Gasteiger partial charge < -0.3 is 5.32 Å². The van der Waals surface area contributed by atoms with E-state index in [1.165, 1.54) is 16.9 Å². The van der Waals surface area contributed by atoms with Crippen molar-refractivity contribution < 1.29 is 9.59 Å². The fraction of sp³-hybridized carbons (Fsp3) is 0.308. The summed E-state index contributed by atoms with van der Waals surface area (Å²) >= 11 is 1.55. The van der Waals surface area contributed by atoms with Crippen molar-refractivity contribution in [2.75, 3.05) is 19.4 Å². The molecule has 0 bridgehead atoms. The molecule has 1 aliphatic carbocycles. The van der Waals surface area contributed by atoms with Gasteiger partial charge in [0.15, 0.2) is 0 Å². The van der Waals surface area contributed by atoms with E-state index >= 15 is 0 Å². The quantitative estimate of drug-likeness (QED) is 0.410. The molecule has 2 N–H and O–H groups in total. The summed E-state index contributed by atoms with van der Waals surface area (Å²) in [4.78, 5) is 27.2. The Morgan fingerprint density at radius 1 is 0.875 bits per heavy atom. The van der Waals surface area contributed by atoms with Crippen LogP contribution in [-0.4, -0.2) is 30.9 Å². The van der Waals surface area contributed by atoms with Crippen molar-refractivity contribution in [1.82, 2.24) is 10.4 Å². The van der Waals surface area contributed by atoms with Crippen molar-refractivity contribution in [3.63, 3.8) is 0 Å². The number of aryl methyl sites for hydroxylation is 1. The van der Waals surface area contributed by atoms with E-state index < -0.39 is 0 Å². The first kappa shape index (κ1) is 22.2. The second-order valence-corrected chi connectivity index (χ2v) is 9.52. The summed E-state index contributed by atoms with van der Waals surface area (Å²) in [6, 6.07) is 18.0. The second-order valence-electron chi connectivity index (χ2n) is 8.42. The molecule has 2 amide bonds. The first-order valence-corrected chi connectivity index (χ1v) is 11.9. The maximum atomic E-state index is 13.0. The molecular weight excluding hydrogens is 418 g/mol. The topological polar surface area (TPSA) is 61.4 Å². The molecule has 6 heteroatoms. The molecule has 0 atom stereocenters. The van der Waals surface area contributed by atoms with Gasteiger partial charge in [0.25, 0.3) is 11.8 Å². The maximum Gasteiger partial charge on any atom is 0.268 e. The molecule has 0 spiro atoms. The highest BCUT2D eigenvalue weighted by molar-refractivity contribution is 7.17. The van der Waals surface area contributed by atoms with E-state index in [1.807, 2.05) is 42.5 Å². The molecule has 1 aliphatic rings. The van der Waals surface area contributed by atoms with Gasteiger partial charge in [0.2, 0.25) is 0 Å². The second kappa shape index (κ2) is 10.1. The lowest BCUT2D eigenvalue weighted by atomic mass is 10.0. The molecule has 0 saturated heterocycles. The molecule has 5 nitrogen and oxygen atoms in total. The van der Waals surface area contributed by atoms with E-state index in [9.17, 15) is 9.59 Å². The number of thiophene rings is 1. The number of amides is 2. The Bertz CT molecular complexity index is 1090. The van der Waals surface area contributed by atoms with E-state index in [1.54, 1.807) is 30.4 Å². The van der Waals surface area contributed by atoms with Gasteiger partial charge in [0.05, 0.1) is 5.56 Å². The fourth-order valence-electron chi connectivity index (χ4n) is 4.11. The molecule has 1 aromatic heterocycles. The smallest absolute Gasteiger partial charge is 0.268 e. The Balaban J connectivity index is 1.54. The van der Waals surface area contributed by atoms with Crippen molar-refractivity contribution >= 4 is 28.2 Å². The number of anilines is 1. The van der Waals surface area contributed by atoms with Gasteiger partial charge in [-0.05, 0) is 60.9 Å². The van der Waals surface area contributed by atoms with Crippen molar-refractivity contribution in [3.05, 3.63) is 87.3 Å².